The van der Waals surface area contributed by atoms with Crippen LogP contribution in [0, 0.1) is 11.3 Å². The van der Waals surface area contributed by atoms with E-state index in [1.54, 1.807) is 0 Å². The maximum Gasteiger partial charge on any atom is 0.227 e. The summed E-state index contributed by atoms with van der Waals surface area (Å²) >= 11 is 0. The van der Waals surface area contributed by atoms with Gasteiger partial charge in [0.25, 0.3) is 0 Å². The highest BCUT2D eigenvalue weighted by Crippen LogP contribution is 2.25. The molecule has 4 nitrogen and oxygen atoms in total. The van der Waals surface area contributed by atoms with Crippen LogP contribution in [0.15, 0.2) is 24.3 Å². The van der Waals surface area contributed by atoms with Gasteiger partial charge in [-0.2, -0.15) is 0 Å². The van der Waals surface area contributed by atoms with Gasteiger partial charge in [-0.05, 0) is 36.5 Å². The molecule has 0 aliphatic rings. The fraction of sp³-hybridized carbons (Fsp3) is 0.611. The Morgan fingerprint density at radius 3 is 2.55 bits per heavy atom. The van der Waals surface area contributed by atoms with Gasteiger partial charge in [0.2, 0.25) is 5.91 Å². The molecule has 3 N–H and O–H groups in total. The van der Waals surface area contributed by atoms with Crippen molar-refractivity contribution in [1.29, 1.82) is 0 Å². The lowest BCUT2D eigenvalue weighted by atomic mass is 9.81. The summed E-state index contributed by atoms with van der Waals surface area (Å²) in [6.45, 7) is 9.82. The second kappa shape index (κ2) is 8.79. The molecule has 0 fully saturated rings. The van der Waals surface area contributed by atoms with Crippen LogP contribution in [0.5, 0.6) is 5.75 Å². The Balaban J connectivity index is 2.64. The Hall–Kier alpha value is -1.55. The molecule has 1 aromatic rings. The van der Waals surface area contributed by atoms with Crippen molar-refractivity contribution in [3.63, 3.8) is 0 Å². The van der Waals surface area contributed by atoms with Crippen LogP contribution in [-0.2, 0) is 11.3 Å². The van der Waals surface area contributed by atoms with Crippen LogP contribution < -0.4 is 15.8 Å². The lowest BCUT2D eigenvalue weighted by molar-refractivity contribution is -0.131. The van der Waals surface area contributed by atoms with Crippen molar-refractivity contribution in [2.24, 2.45) is 17.1 Å². The number of nitrogens with two attached hydrogens (primary N) is 1. The summed E-state index contributed by atoms with van der Waals surface area (Å²) in [6.07, 6.45) is 1.51. The Kier molecular flexibility index (Phi) is 7.39. The van der Waals surface area contributed by atoms with Crippen molar-refractivity contribution in [3.8, 4) is 5.75 Å². The van der Waals surface area contributed by atoms with Crippen LogP contribution in [0.2, 0.25) is 0 Å². The zero-order valence-electron chi connectivity index (χ0n) is 14.3. The van der Waals surface area contributed by atoms with Gasteiger partial charge in [-0.3, -0.25) is 4.79 Å². The number of hydrogen-bond acceptors (Lipinski definition) is 3. The minimum atomic E-state index is -0.453. The average molecular weight is 306 g/mol. The Bertz CT molecular complexity index is 460. The minimum Gasteiger partial charge on any atom is -0.493 e. The third kappa shape index (κ3) is 5.02. The number of amides is 1. The minimum absolute atomic E-state index is 0.0356. The number of nitrogens with one attached hydrogen (secondary N) is 1. The summed E-state index contributed by atoms with van der Waals surface area (Å²) in [5.74, 6) is 1.37. The molecule has 1 rings (SSSR count). The molecule has 124 valence electrons. The monoisotopic (exact) mass is 306 g/mol. The van der Waals surface area contributed by atoms with Crippen LogP contribution in [0.4, 0.5) is 0 Å². The molecular weight excluding hydrogens is 276 g/mol. The highest BCUT2D eigenvalue weighted by atomic mass is 16.5. The molecule has 0 aliphatic heterocycles. The van der Waals surface area contributed by atoms with E-state index in [4.69, 9.17) is 10.5 Å². The molecule has 1 aromatic carbocycles. The van der Waals surface area contributed by atoms with E-state index in [1.165, 1.54) is 0 Å². The maximum absolute atomic E-state index is 12.4. The molecule has 0 bridgehead atoms. The first kappa shape index (κ1) is 18.5. The highest BCUT2D eigenvalue weighted by Gasteiger charge is 2.32. The van der Waals surface area contributed by atoms with Gasteiger partial charge >= 0.3 is 0 Å². The first-order valence-electron chi connectivity index (χ1n) is 8.17. The summed E-state index contributed by atoms with van der Waals surface area (Å²) in [5, 5.41) is 3.01. The van der Waals surface area contributed by atoms with Crippen molar-refractivity contribution in [1.82, 2.24) is 5.32 Å². The number of carbonyl (C=O) groups excluding carboxylic acids is 1. The van der Waals surface area contributed by atoms with Crippen LogP contribution in [0.3, 0.4) is 0 Å². The van der Waals surface area contributed by atoms with E-state index in [1.807, 2.05) is 38.1 Å². The second-order valence-electron chi connectivity index (χ2n) is 6.23. The summed E-state index contributed by atoms with van der Waals surface area (Å²) in [6, 6.07) is 7.86. The molecule has 0 unspecified atom stereocenters. The van der Waals surface area contributed by atoms with E-state index in [0.717, 1.165) is 24.2 Å². The molecule has 0 heterocycles. The van der Waals surface area contributed by atoms with Gasteiger partial charge < -0.3 is 15.8 Å². The van der Waals surface area contributed by atoms with Crippen molar-refractivity contribution in [2.75, 3.05) is 13.2 Å². The predicted molar refractivity (Wildman–Crippen MR) is 90.7 cm³/mol. The second-order valence-corrected chi connectivity index (χ2v) is 6.23. The van der Waals surface area contributed by atoms with E-state index >= 15 is 0 Å². The molecule has 0 radical (unpaired) electrons. The van der Waals surface area contributed by atoms with Crippen LogP contribution in [-0.4, -0.2) is 19.1 Å². The van der Waals surface area contributed by atoms with E-state index in [2.05, 4.69) is 19.2 Å². The molecule has 0 saturated heterocycles. The quantitative estimate of drug-likeness (QED) is 0.737. The van der Waals surface area contributed by atoms with E-state index in [0.29, 0.717) is 25.6 Å². The van der Waals surface area contributed by atoms with Crippen LogP contribution >= 0.6 is 0 Å². The summed E-state index contributed by atoms with van der Waals surface area (Å²) in [5.41, 5.74) is 6.39. The summed E-state index contributed by atoms with van der Waals surface area (Å²) < 4.78 is 5.71. The van der Waals surface area contributed by atoms with Gasteiger partial charge in [0, 0.05) is 13.1 Å². The topological polar surface area (TPSA) is 64.4 Å². The third-order valence-electron chi connectivity index (χ3n) is 4.16. The summed E-state index contributed by atoms with van der Waals surface area (Å²) in [4.78, 5) is 12.4. The van der Waals surface area contributed by atoms with Gasteiger partial charge in [-0.1, -0.05) is 39.8 Å². The predicted octanol–water partition coefficient (Wildman–Crippen LogP) is 3.10. The Morgan fingerprint density at radius 2 is 2.00 bits per heavy atom. The maximum atomic E-state index is 12.4. The number of rotatable bonds is 9. The van der Waals surface area contributed by atoms with Crippen molar-refractivity contribution in [2.45, 2.75) is 47.1 Å². The van der Waals surface area contributed by atoms with Gasteiger partial charge in [0.15, 0.2) is 0 Å². The molecule has 4 heteroatoms. The number of hydrogen-bond donors (Lipinski definition) is 2. The van der Waals surface area contributed by atoms with Gasteiger partial charge in [-0.15, -0.1) is 0 Å². The van der Waals surface area contributed by atoms with E-state index in [-0.39, 0.29) is 5.91 Å². The molecule has 0 saturated carbocycles. The van der Waals surface area contributed by atoms with Gasteiger partial charge in [-0.25, -0.2) is 0 Å². The number of benzene rings is 1. The zero-order valence-corrected chi connectivity index (χ0v) is 14.3. The van der Waals surface area contributed by atoms with Crippen LogP contribution in [0.1, 0.15) is 46.1 Å². The highest BCUT2D eigenvalue weighted by molar-refractivity contribution is 5.82. The normalized spacial score (nSPS) is 11.5. The van der Waals surface area contributed by atoms with E-state index < -0.39 is 5.41 Å². The molecular formula is C18H30N2O2. The molecule has 0 spiro atoms. The largest absolute Gasteiger partial charge is 0.493 e. The fourth-order valence-corrected chi connectivity index (χ4v) is 2.33. The van der Waals surface area contributed by atoms with Gasteiger partial charge in [0.05, 0.1) is 12.0 Å². The first-order valence-corrected chi connectivity index (χ1v) is 8.17. The molecule has 0 aliphatic carbocycles. The molecule has 1 amide bonds. The smallest absolute Gasteiger partial charge is 0.227 e. The first-order chi connectivity index (χ1) is 10.5. The zero-order chi connectivity index (χ0) is 16.6. The van der Waals surface area contributed by atoms with Crippen molar-refractivity contribution >= 4 is 5.91 Å². The number of carbonyl (C=O) groups is 1. The molecule has 22 heavy (non-hydrogen) atoms. The third-order valence-corrected chi connectivity index (χ3v) is 4.16. The van der Waals surface area contributed by atoms with Crippen molar-refractivity contribution in [3.05, 3.63) is 29.8 Å². The fourth-order valence-electron chi connectivity index (χ4n) is 2.33. The molecule has 0 atom stereocenters. The lowest BCUT2D eigenvalue weighted by Gasteiger charge is -2.28. The van der Waals surface area contributed by atoms with Crippen molar-refractivity contribution < 1.29 is 9.53 Å². The SMILES string of the molecule is CCC(CC)(CN)C(=O)NCc1cccc(OCC(C)C)c1. The van der Waals surface area contributed by atoms with Gasteiger partial charge in [0.1, 0.15) is 5.75 Å². The number of ether oxygens (including phenoxy) is 1. The lowest BCUT2D eigenvalue weighted by Crippen LogP contribution is -2.45. The Labute approximate surface area is 134 Å². The van der Waals surface area contributed by atoms with E-state index in [9.17, 15) is 4.79 Å². The summed E-state index contributed by atoms with van der Waals surface area (Å²) in [7, 11) is 0. The Morgan fingerprint density at radius 1 is 1.32 bits per heavy atom. The van der Waals surface area contributed by atoms with Crippen LogP contribution in [0.25, 0.3) is 0 Å². The molecule has 0 aromatic heterocycles. The average Bonchev–Trinajstić information content (AvgIpc) is 2.53. The standard InChI is InChI=1S/C18H30N2O2/c1-5-18(6-2,13-19)17(21)20-11-15-8-7-9-16(10-15)22-12-14(3)4/h7-10,14H,5-6,11-13,19H2,1-4H3,(H,20,21).